The van der Waals surface area contributed by atoms with Crippen LogP contribution in [0.3, 0.4) is 0 Å². The summed E-state index contributed by atoms with van der Waals surface area (Å²) in [6, 6.07) is 11.5. The number of rotatable bonds is 1. The van der Waals surface area contributed by atoms with Gasteiger partial charge >= 0.3 is 0 Å². The van der Waals surface area contributed by atoms with Gasteiger partial charge in [0.05, 0.1) is 16.6 Å². The van der Waals surface area contributed by atoms with Crippen LogP contribution in [0.15, 0.2) is 40.9 Å². The highest BCUT2D eigenvalue weighted by molar-refractivity contribution is 9.10. The van der Waals surface area contributed by atoms with E-state index in [2.05, 4.69) is 33.0 Å². The number of phenolic OH excluding ortho intramolecular Hbond substituents is 1. The molecule has 3 aromatic rings. The number of phenols is 1. The van der Waals surface area contributed by atoms with Crippen LogP contribution in [0, 0.1) is 6.92 Å². The molecule has 0 saturated carbocycles. The van der Waals surface area contributed by atoms with Crippen molar-refractivity contribution in [1.82, 2.24) is 9.55 Å². The predicted octanol–water partition coefficient (Wildman–Crippen LogP) is 4.02. The van der Waals surface area contributed by atoms with Crippen LogP contribution >= 0.6 is 15.9 Å². The van der Waals surface area contributed by atoms with Crippen molar-refractivity contribution in [2.75, 3.05) is 0 Å². The van der Waals surface area contributed by atoms with Crippen LogP contribution in [-0.4, -0.2) is 14.7 Å². The molecule has 1 N–H and O–H groups in total. The van der Waals surface area contributed by atoms with Gasteiger partial charge in [0, 0.05) is 11.5 Å². The molecule has 0 aliphatic carbocycles. The zero-order valence-corrected chi connectivity index (χ0v) is 12.3. The second-order valence-electron chi connectivity index (χ2n) is 4.65. The summed E-state index contributed by atoms with van der Waals surface area (Å²) < 4.78 is 2.92. The monoisotopic (exact) mass is 316 g/mol. The van der Waals surface area contributed by atoms with Crippen LogP contribution < -0.4 is 0 Å². The molecule has 0 radical (unpaired) electrons. The molecule has 0 amide bonds. The quantitative estimate of drug-likeness (QED) is 0.736. The van der Waals surface area contributed by atoms with Gasteiger partial charge in [-0.25, -0.2) is 4.98 Å². The van der Waals surface area contributed by atoms with Crippen molar-refractivity contribution in [2.45, 2.75) is 6.92 Å². The van der Waals surface area contributed by atoms with Gasteiger partial charge in [0.1, 0.15) is 11.6 Å². The molecule has 2 aromatic carbocycles. The number of halogens is 1. The average molecular weight is 317 g/mol. The Morgan fingerprint density at radius 2 is 1.95 bits per heavy atom. The van der Waals surface area contributed by atoms with Gasteiger partial charge in [0.15, 0.2) is 0 Å². The van der Waals surface area contributed by atoms with Crippen molar-refractivity contribution in [3.63, 3.8) is 0 Å². The second-order valence-corrected chi connectivity index (χ2v) is 5.56. The SMILES string of the molecule is Cc1ccc2c(c1)nc(-c1cc(Br)ccc1O)n2C. The fourth-order valence-corrected chi connectivity index (χ4v) is 2.60. The highest BCUT2D eigenvalue weighted by Gasteiger charge is 2.13. The summed E-state index contributed by atoms with van der Waals surface area (Å²) in [6.07, 6.45) is 0. The van der Waals surface area contributed by atoms with Gasteiger partial charge in [-0.05, 0) is 42.8 Å². The number of nitrogens with zero attached hydrogens (tertiary/aromatic N) is 2. The number of aromatic hydroxyl groups is 1. The molecule has 0 spiro atoms. The van der Waals surface area contributed by atoms with E-state index in [1.54, 1.807) is 6.07 Å². The molecule has 96 valence electrons. The van der Waals surface area contributed by atoms with Gasteiger partial charge in [-0.15, -0.1) is 0 Å². The summed E-state index contributed by atoms with van der Waals surface area (Å²) >= 11 is 3.43. The topological polar surface area (TPSA) is 38.1 Å². The van der Waals surface area contributed by atoms with E-state index in [1.165, 1.54) is 5.56 Å². The van der Waals surface area contributed by atoms with Gasteiger partial charge in [0.25, 0.3) is 0 Å². The zero-order valence-electron chi connectivity index (χ0n) is 10.7. The van der Waals surface area contributed by atoms with E-state index in [1.807, 2.05) is 36.7 Å². The summed E-state index contributed by atoms with van der Waals surface area (Å²) in [6.45, 7) is 2.05. The Morgan fingerprint density at radius 3 is 2.74 bits per heavy atom. The van der Waals surface area contributed by atoms with Crippen molar-refractivity contribution in [2.24, 2.45) is 7.05 Å². The molecule has 0 unspecified atom stereocenters. The summed E-state index contributed by atoms with van der Waals surface area (Å²) in [4.78, 5) is 4.63. The third-order valence-electron chi connectivity index (χ3n) is 3.24. The summed E-state index contributed by atoms with van der Waals surface area (Å²) in [7, 11) is 1.96. The molecule has 0 fully saturated rings. The number of aryl methyl sites for hydroxylation is 2. The minimum atomic E-state index is 0.235. The second kappa shape index (κ2) is 4.38. The molecule has 3 nitrogen and oxygen atoms in total. The lowest BCUT2D eigenvalue weighted by atomic mass is 10.2. The van der Waals surface area contributed by atoms with Crippen LogP contribution in [-0.2, 0) is 7.05 Å². The smallest absolute Gasteiger partial charge is 0.144 e. The lowest BCUT2D eigenvalue weighted by Crippen LogP contribution is -1.92. The number of benzene rings is 2. The Morgan fingerprint density at radius 1 is 1.16 bits per heavy atom. The first-order chi connectivity index (χ1) is 9.06. The van der Waals surface area contributed by atoms with Crippen molar-refractivity contribution in [1.29, 1.82) is 0 Å². The number of hydrogen-bond donors (Lipinski definition) is 1. The minimum Gasteiger partial charge on any atom is -0.507 e. The molecule has 0 saturated heterocycles. The molecule has 0 bridgehead atoms. The van der Waals surface area contributed by atoms with Crippen LogP contribution in [0.1, 0.15) is 5.56 Å². The predicted molar refractivity (Wildman–Crippen MR) is 80.3 cm³/mol. The molecule has 1 heterocycles. The first-order valence-electron chi connectivity index (χ1n) is 5.98. The third kappa shape index (κ3) is 2.02. The fourth-order valence-electron chi connectivity index (χ4n) is 2.24. The van der Waals surface area contributed by atoms with Crippen LogP contribution in [0.5, 0.6) is 5.75 Å². The van der Waals surface area contributed by atoms with E-state index in [0.29, 0.717) is 0 Å². The van der Waals surface area contributed by atoms with Crippen molar-refractivity contribution in [3.05, 3.63) is 46.4 Å². The summed E-state index contributed by atoms with van der Waals surface area (Å²) in [5.74, 6) is 0.998. The van der Waals surface area contributed by atoms with Gasteiger partial charge in [0.2, 0.25) is 0 Å². The largest absolute Gasteiger partial charge is 0.507 e. The van der Waals surface area contributed by atoms with E-state index in [-0.39, 0.29) is 5.75 Å². The molecule has 3 rings (SSSR count). The number of hydrogen-bond acceptors (Lipinski definition) is 2. The highest BCUT2D eigenvalue weighted by atomic mass is 79.9. The zero-order chi connectivity index (χ0) is 13.6. The molecule has 4 heteroatoms. The molecule has 19 heavy (non-hydrogen) atoms. The Hall–Kier alpha value is -1.81. The molecular weight excluding hydrogens is 304 g/mol. The van der Waals surface area contributed by atoms with Crippen LogP contribution in [0.25, 0.3) is 22.4 Å². The van der Waals surface area contributed by atoms with E-state index < -0.39 is 0 Å². The maximum atomic E-state index is 10.0. The molecular formula is C15H13BrN2O. The number of aromatic nitrogens is 2. The van der Waals surface area contributed by atoms with Gasteiger partial charge < -0.3 is 9.67 Å². The third-order valence-corrected chi connectivity index (χ3v) is 3.73. The number of imidazole rings is 1. The summed E-state index contributed by atoms with van der Waals surface area (Å²) in [5, 5.41) is 10.0. The first kappa shape index (κ1) is 12.2. The van der Waals surface area contributed by atoms with E-state index in [9.17, 15) is 5.11 Å². The van der Waals surface area contributed by atoms with Crippen molar-refractivity contribution < 1.29 is 5.11 Å². The van der Waals surface area contributed by atoms with E-state index in [4.69, 9.17) is 0 Å². The highest BCUT2D eigenvalue weighted by Crippen LogP contribution is 2.32. The Bertz CT molecular complexity index is 777. The maximum absolute atomic E-state index is 10.0. The summed E-state index contributed by atoms with van der Waals surface area (Å²) in [5.41, 5.74) is 3.90. The fraction of sp³-hybridized carbons (Fsp3) is 0.133. The van der Waals surface area contributed by atoms with Crippen molar-refractivity contribution in [3.8, 4) is 17.1 Å². The normalized spacial score (nSPS) is 11.1. The number of fused-ring (bicyclic) bond motifs is 1. The van der Waals surface area contributed by atoms with Crippen LogP contribution in [0.2, 0.25) is 0 Å². The van der Waals surface area contributed by atoms with Gasteiger partial charge in [-0.2, -0.15) is 0 Å². The van der Waals surface area contributed by atoms with E-state index in [0.717, 1.165) is 26.9 Å². The van der Waals surface area contributed by atoms with Gasteiger partial charge in [-0.1, -0.05) is 22.0 Å². The van der Waals surface area contributed by atoms with Crippen molar-refractivity contribution >= 4 is 27.0 Å². The Kier molecular flexibility index (Phi) is 2.82. The lowest BCUT2D eigenvalue weighted by molar-refractivity contribution is 0.476. The molecule has 0 atom stereocenters. The van der Waals surface area contributed by atoms with E-state index >= 15 is 0 Å². The average Bonchev–Trinajstić information content (AvgIpc) is 2.69. The van der Waals surface area contributed by atoms with Crippen LogP contribution in [0.4, 0.5) is 0 Å². The molecule has 1 aromatic heterocycles. The van der Waals surface area contributed by atoms with Gasteiger partial charge in [-0.3, -0.25) is 0 Å². The first-order valence-corrected chi connectivity index (χ1v) is 6.77. The molecule has 0 aliphatic heterocycles. The molecule has 0 aliphatic rings. The Labute approximate surface area is 119 Å². The minimum absolute atomic E-state index is 0.235. The standard InChI is InChI=1S/C15H13BrN2O/c1-9-3-5-13-12(7-9)17-15(18(13)2)11-8-10(16)4-6-14(11)19/h3-8,19H,1-2H3. The lowest BCUT2D eigenvalue weighted by Gasteiger charge is -2.05. The maximum Gasteiger partial charge on any atom is 0.144 e. The Balaban J connectivity index is 2.30.